The van der Waals surface area contributed by atoms with Gasteiger partial charge >= 0.3 is 0 Å². The van der Waals surface area contributed by atoms with Crippen LogP contribution in [0.3, 0.4) is 0 Å². The number of carbonyl (C=O) groups is 1. The van der Waals surface area contributed by atoms with Crippen LogP contribution in [0.2, 0.25) is 0 Å². The molecule has 1 radical (unpaired) electrons. The summed E-state index contributed by atoms with van der Waals surface area (Å²) in [6, 6.07) is 6.06. The highest BCUT2D eigenvalue weighted by molar-refractivity contribution is 5.76. The van der Waals surface area contributed by atoms with Crippen molar-refractivity contribution in [3.8, 4) is 11.5 Å². The van der Waals surface area contributed by atoms with Gasteiger partial charge < -0.3 is 14.4 Å². The molecular weight excluding hydrogens is 314 g/mol. The SMILES string of the molecule is CC[C](CCC(=O)N(CC(C)C)CC(C)C)c1ccc2c(c1)OCO2. The van der Waals surface area contributed by atoms with Crippen molar-refractivity contribution in [2.45, 2.75) is 53.9 Å². The first-order valence-electron chi connectivity index (χ1n) is 9.43. The van der Waals surface area contributed by atoms with Crippen LogP contribution < -0.4 is 9.47 Å². The average molecular weight is 346 g/mol. The van der Waals surface area contributed by atoms with Gasteiger partial charge in [-0.1, -0.05) is 40.7 Å². The van der Waals surface area contributed by atoms with Crippen LogP contribution in [0.5, 0.6) is 11.5 Å². The maximum absolute atomic E-state index is 12.7. The number of hydrogen-bond acceptors (Lipinski definition) is 3. The van der Waals surface area contributed by atoms with Crippen LogP contribution in [0, 0.1) is 17.8 Å². The fourth-order valence-corrected chi connectivity index (χ4v) is 3.22. The van der Waals surface area contributed by atoms with E-state index in [0.717, 1.165) is 43.0 Å². The third kappa shape index (κ3) is 5.65. The molecule has 1 amide bonds. The van der Waals surface area contributed by atoms with Gasteiger partial charge in [0.2, 0.25) is 12.7 Å². The quantitative estimate of drug-likeness (QED) is 0.652. The molecule has 0 aromatic heterocycles. The summed E-state index contributed by atoms with van der Waals surface area (Å²) in [6.45, 7) is 12.8. The number of rotatable bonds is 9. The van der Waals surface area contributed by atoms with Crippen molar-refractivity contribution in [3.05, 3.63) is 29.7 Å². The Bertz CT molecular complexity index is 558. The van der Waals surface area contributed by atoms with E-state index >= 15 is 0 Å². The van der Waals surface area contributed by atoms with E-state index in [-0.39, 0.29) is 12.7 Å². The maximum Gasteiger partial charge on any atom is 0.231 e. The third-order valence-electron chi connectivity index (χ3n) is 4.37. The first-order valence-corrected chi connectivity index (χ1v) is 9.43. The maximum atomic E-state index is 12.7. The van der Waals surface area contributed by atoms with Gasteiger partial charge in [-0.05, 0) is 42.4 Å². The Labute approximate surface area is 152 Å². The first-order chi connectivity index (χ1) is 11.9. The lowest BCUT2D eigenvalue weighted by Gasteiger charge is -2.27. The Morgan fingerprint density at radius 1 is 1.04 bits per heavy atom. The van der Waals surface area contributed by atoms with E-state index in [1.807, 2.05) is 17.0 Å². The second-order valence-electron chi connectivity index (χ2n) is 7.61. The molecule has 0 aliphatic carbocycles. The normalized spacial score (nSPS) is 13.1. The molecule has 139 valence electrons. The van der Waals surface area contributed by atoms with Crippen LogP contribution in [-0.4, -0.2) is 30.7 Å². The number of hydrogen-bond donors (Lipinski definition) is 0. The van der Waals surface area contributed by atoms with Crippen LogP contribution in [-0.2, 0) is 4.79 Å². The molecule has 0 unspecified atom stereocenters. The van der Waals surface area contributed by atoms with Crippen LogP contribution >= 0.6 is 0 Å². The van der Waals surface area contributed by atoms with Gasteiger partial charge in [-0.2, -0.15) is 0 Å². The zero-order valence-electron chi connectivity index (χ0n) is 16.3. The van der Waals surface area contributed by atoms with Gasteiger partial charge in [0, 0.05) is 25.4 Å². The summed E-state index contributed by atoms with van der Waals surface area (Å²) in [7, 11) is 0. The minimum atomic E-state index is 0.258. The summed E-state index contributed by atoms with van der Waals surface area (Å²) in [4.78, 5) is 14.8. The van der Waals surface area contributed by atoms with Crippen LogP contribution in [0.15, 0.2) is 18.2 Å². The molecule has 4 heteroatoms. The minimum Gasteiger partial charge on any atom is -0.454 e. The molecule has 0 atom stereocenters. The molecule has 0 spiro atoms. The molecule has 2 rings (SSSR count). The van der Waals surface area contributed by atoms with Gasteiger partial charge in [0.1, 0.15) is 0 Å². The Morgan fingerprint density at radius 3 is 2.28 bits per heavy atom. The van der Waals surface area contributed by atoms with E-state index < -0.39 is 0 Å². The van der Waals surface area contributed by atoms with Gasteiger partial charge in [-0.15, -0.1) is 0 Å². The Balaban J connectivity index is 1.97. The monoisotopic (exact) mass is 346 g/mol. The largest absolute Gasteiger partial charge is 0.454 e. The molecule has 1 aromatic rings. The topological polar surface area (TPSA) is 38.8 Å². The molecule has 25 heavy (non-hydrogen) atoms. The highest BCUT2D eigenvalue weighted by atomic mass is 16.7. The fraction of sp³-hybridized carbons (Fsp3) is 0.619. The van der Waals surface area contributed by atoms with E-state index in [0.29, 0.717) is 18.3 Å². The molecule has 0 saturated carbocycles. The van der Waals surface area contributed by atoms with Crippen LogP contribution in [0.1, 0.15) is 59.4 Å². The number of nitrogens with zero attached hydrogens (tertiary/aromatic N) is 1. The lowest BCUT2D eigenvalue weighted by Crippen LogP contribution is -2.37. The van der Waals surface area contributed by atoms with E-state index in [2.05, 4.69) is 40.7 Å². The minimum absolute atomic E-state index is 0.258. The molecule has 1 aliphatic rings. The van der Waals surface area contributed by atoms with Crippen molar-refractivity contribution in [1.29, 1.82) is 0 Å². The van der Waals surface area contributed by atoms with Gasteiger partial charge in [0.15, 0.2) is 11.5 Å². The van der Waals surface area contributed by atoms with E-state index in [1.54, 1.807) is 0 Å². The molecule has 1 aromatic carbocycles. The first kappa shape index (κ1) is 19.6. The highest BCUT2D eigenvalue weighted by Crippen LogP contribution is 2.36. The number of ether oxygens (including phenoxy) is 2. The number of fused-ring (bicyclic) bond motifs is 1. The van der Waals surface area contributed by atoms with Crippen molar-refractivity contribution in [2.75, 3.05) is 19.9 Å². The van der Waals surface area contributed by atoms with Crippen LogP contribution in [0.25, 0.3) is 0 Å². The number of carbonyl (C=O) groups excluding carboxylic acids is 1. The molecule has 0 N–H and O–H groups in total. The van der Waals surface area contributed by atoms with E-state index in [9.17, 15) is 4.79 Å². The van der Waals surface area contributed by atoms with Gasteiger partial charge in [-0.3, -0.25) is 4.79 Å². The molecule has 0 saturated heterocycles. The summed E-state index contributed by atoms with van der Waals surface area (Å²) in [5.41, 5.74) is 1.15. The van der Waals surface area contributed by atoms with Crippen molar-refractivity contribution in [2.24, 2.45) is 11.8 Å². The predicted octanol–water partition coefficient (Wildman–Crippen LogP) is 4.67. The molecule has 1 heterocycles. The predicted molar refractivity (Wildman–Crippen MR) is 101 cm³/mol. The second-order valence-corrected chi connectivity index (χ2v) is 7.61. The van der Waals surface area contributed by atoms with Crippen molar-refractivity contribution in [1.82, 2.24) is 4.90 Å². The highest BCUT2D eigenvalue weighted by Gasteiger charge is 2.21. The van der Waals surface area contributed by atoms with Gasteiger partial charge in [-0.25, -0.2) is 0 Å². The summed E-state index contributed by atoms with van der Waals surface area (Å²) in [6.07, 6.45) is 2.29. The number of amides is 1. The summed E-state index contributed by atoms with van der Waals surface area (Å²) in [5.74, 6) is 4.14. The molecule has 0 bridgehead atoms. The van der Waals surface area contributed by atoms with E-state index in [1.165, 1.54) is 5.92 Å². The Morgan fingerprint density at radius 2 is 1.68 bits per heavy atom. The van der Waals surface area contributed by atoms with Crippen molar-refractivity contribution in [3.63, 3.8) is 0 Å². The van der Waals surface area contributed by atoms with Crippen molar-refractivity contribution < 1.29 is 14.3 Å². The molecule has 4 nitrogen and oxygen atoms in total. The summed E-state index contributed by atoms with van der Waals surface area (Å²) in [5, 5.41) is 0. The summed E-state index contributed by atoms with van der Waals surface area (Å²) >= 11 is 0. The lowest BCUT2D eigenvalue weighted by atomic mass is 9.91. The lowest BCUT2D eigenvalue weighted by molar-refractivity contribution is -0.132. The molecular formula is C21H32NO3. The molecule has 0 fully saturated rings. The fourth-order valence-electron chi connectivity index (χ4n) is 3.22. The van der Waals surface area contributed by atoms with Gasteiger partial charge in [0.25, 0.3) is 0 Å². The zero-order valence-corrected chi connectivity index (χ0v) is 16.3. The Hall–Kier alpha value is -1.71. The third-order valence-corrected chi connectivity index (χ3v) is 4.37. The summed E-state index contributed by atoms with van der Waals surface area (Å²) < 4.78 is 10.9. The standard InChI is InChI=1S/C21H32NO3/c1-6-17(18-7-9-19-20(11-18)25-14-24-19)8-10-21(23)22(12-15(2)3)13-16(4)5/h7,9,11,15-16H,6,8,10,12-14H2,1-5H3. The molecule has 1 aliphatic heterocycles. The number of benzene rings is 1. The van der Waals surface area contributed by atoms with Crippen molar-refractivity contribution >= 4 is 5.91 Å². The second kappa shape index (κ2) is 9.12. The van der Waals surface area contributed by atoms with E-state index in [4.69, 9.17) is 9.47 Å². The Kier molecular flexibility index (Phi) is 7.15. The average Bonchev–Trinajstić information content (AvgIpc) is 3.01. The van der Waals surface area contributed by atoms with Gasteiger partial charge in [0.05, 0.1) is 0 Å². The zero-order chi connectivity index (χ0) is 18.4. The van der Waals surface area contributed by atoms with Crippen LogP contribution in [0.4, 0.5) is 0 Å². The smallest absolute Gasteiger partial charge is 0.231 e.